The number of fused-ring (bicyclic) bond motifs is 1. The summed E-state index contributed by atoms with van der Waals surface area (Å²) in [6.45, 7) is 2.55. The Morgan fingerprint density at radius 3 is 2.73 bits per heavy atom. The number of nitrogens with zero attached hydrogens (tertiary/aromatic N) is 4. The number of hydrogen-bond acceptors (Lipinski definition) is 7. The summed E-state index contributed by atoms with van der Waals surface area (Å²) in [5, 5.41) is 13.7. The summed E-state index contributed by atoms with van der Waals surface area (Å²) in [5.74, 6) is 0.184. The van der Waals surface area contributed by atoms with Crippen LogP contribution in [0.2, 0.25) is 5.02 Å². The summed E-state index contributed by atoms with van der Waals surface area (Å²) in [6, 6.07) is 11.4. The number of aliphatic imine (C=N–C) groups is 1. The Kier molecular flexibility index (Phi) is 4.94. The van der Waals surface area contributed by atoms with Gasteiger partial charge in [0.1, 0.15) is 19.1 Å². The van der Waals surface area contributed by atoms with E-state index < -0.39 is 11.5 Å². The van der Waals surface area contributed by atoms with Gasteiger partial charge in [0.05, 0.1) is 24.3 Å². The fraction of sp³-hybridized carbons (Fsp3) is 0.333. The molecule has 1 unspecified atom stereocenters. The van der Waals surface area contributed by atoms with Crippen molar-refractivity contribution >= 4 is 23.1 Å². The van der Waals surface area contributed by atoms with E-state index in [-0.39, 0.29) is 24.5 Å². The Morgan fingerprint density at radius 2 is 1.93 bits per heavy atom. The standard InChI is InChI=1S/C21H20ClFN4O3/c22-14-5-6-18-16(11-14)19(15-3-1-2-4-17(15)23)27(28)12-21(25-18)20(24-13-30-21)26-7-9-29-10-8-26/h1-6,11,28H,7-10,12-13H2. The molecule has 1 spiro atoms. The first-order valence-corrected chi connectivity index (χ1v) is 10.1. The molecule has 30 heavy (non-hydrogen) atoms. The molecular weight excluding hydrogens is 411 g/mol. The van der Waals surface area contributed by atoms with Gasteiger partial charge in [0.25, 0.3) is 0 Å². The number of amidine groups is 1. The third-order valence-corrected chi connectivity index (χ3v) is 5.68. The quantitative estimate of drug-likeness (QED) is 0.740. The van der Waals surface area contributed by atoms with Gasteiger partial charge in [0.2, 0.25) is 5.72 Å². The van der Waals surface area contributed by atoms with Gasteiger partial charge in [-0.3, -0.25) is 10.3 Å². The Balaban J connectivity index is 1.73. The van der Waals surface area contributed by atoms with Crippen LogP contribution in [0.1, 0.15) is 5.56 Å². The molecule has 3 heterocycles. The third-order valence-electron chi connectivity index (χ3n) is 5.44. The van der Waals surface area contributed by atoms with Crippen LogP contribution in [0.4, 0.5) is 4.39 Å². The number of benzene rings is 2. The maximum absolute atomic E-state index is 14.7. The molecular formula is C21H20ClFN4O3. The lowest BCUT2D eigenvalue weighted by atomic mass is 10.1. The van der Waals surface area contributed by atoms with E-state index in [0.29, 0.717) is 47.7 Å². The molecule has 1 saturated heterocycles. The van der Waals surface area contributed by atoms with E-state index in [4.69, 9.17) is 26.1 Å². The molecule has 5 rings (SSSR count). The molecule has 156 valence electrons. The van der Waals surface area contributed by atoms with Crippen LogP contribution in [0.15, 0.2) is 52.4 Å². The predicted octanol–water partition coefficient (Wildman–Crippen LogP) is 1.37. The first-order chi connectivity index (χ1) is 14.6. The molecule has 0 bridgehead atoms. The first kappa shape index (κ1) is 19.4. The summed E-state index contributed by atoms with van der Waals surface area (Å²) in [5.41, 5.74) is -0.691. The van der Waals surface area contributed by atoms with Crippen molar-refractivity contribution in [3.63, 3.8) is 0 Å². The smallest absolute Gasteiger partial charge is 0.239 e. The van der Waals surface area contributed by atoms with Gasteiger partial charge in [-0.2, -0.15) is 0 Å². The monoisotopic (exact) mass is 430 g/mol. The second kappa shape index (κ2) is 7.63. The van der Waals surface area contributed by atoms with Gasteiger partial charge in [-0.05, 0) is 30.3 Å². The van der Waals surface area contributed by atoms with E-state index in [1.54, 1.807) is 36.4 Å². The van der Waals surface area contributed by atoms with Gasteiger partial charge < -0.3 is 14.4 Å². The molecule has 0 aromatic heterocycles. The lowest BCUT2D eigenvalue weighted by molar-refractivity contribution is -0.0876. The normalized spacial score (nSPS) is 23.8. The van der Waals surface area contributed by atoms with Gasteiger partial charge in [-0.1, -0.05) is 23.7 Å². The maximum Gasteiger partial charge on any atom is 0.239 e. The van der Waals surface area contributed by atoms with Crippen molar-refractivity contribution in [2.24, 2.45) is 9.98 Å². The summed E-state index contributed by atoms with van der Waals surface area (Å²) in [7, 11) is 0. The highest BCUT2D eigenvalue weighted by molar-refractivity contribution is 6.30. The lowest BCUT2D eigenvalue weighted by Gasteiger charge is -2.36. The molecule has 3 aliphatic heterocycles. The van der Waals surface area contributed by atoms with Crippen LogP contribution in [-0.2, 0) is 9.47 Å². The zero-order chi connectivity index (χ0) is 20.7. The second-order valence-corrected chi connectivity index (χ2v) is 7.73. The van der Waals surface area contributed by atoms with Crippen molar-refractivity contribution in [2.75, 3.05) is 39.6 Å². The van der Waals surface area contributed by atoms with Crippen molar-refractivity contribution in [2.45, 2.75) is 5.72 Å². The van der Waals surface area contributed by atoms with Gasteiger partial charge in [-0.25, -0.2) is 14.4 Å². The molecule has 0 saturated carbocycles. The fourth-order valence-corrected chi connectivity index (χ4v) is 4.27. The van der Waals surface area contributed by atoms with Crippen molar-refractivity contribution in [1.82, 2.24) is 9.96 Å². The predicted molar refractivity (Wildman–Crippen MR) is 108 cm³/mol. The van der Waals surface area contributed by atoms with Gasteiger partial charge in [0.15, 0.2) is 5.84 Å². The fourth-order valence-electron chi connectivity index (χ4n) is 4.09. The maximum atomic E-state index is 14.7. The molecule has 0 radical (unpaired) electrons. The Morgan fingerprint density at radius 1 is 1.13 bits per heavy atom. The van der Waals surface area contributed by atoms with Crippen molar-refractivity contribution < 1.29 is 19.1 Å². The minimum atomic E-state index is -1.22. The van der Waals surface area contributed by atoms with E-state index in [1.165, 1.54) is 6.07 Å². The number of hydroxylamine groups is 2. The largest absolute Gasteiger partial charge is 0.378 e. The molecule has 3 aliphatic rings. The number of morpholine rings is 1. The number of halogens is 2. The van der Waals surface area contributed by atoms with Crippen LogP contribution in [0.25, 0.3) is 5.70 Å². The molecule has 1 fully saturated rings. The first-order valence-electron chi connectivity index (χ1n) is 9.70. The van der Waals surface area contributed by atoms with Crippen LogP contribution in [0, 0.1) is 5.82 Å². The van der Waals surface area contributed by atoms with Crippen LogP contribution in [0.5, 0.6) is 0 Å². The minimum absolute atomic E-state index is 0.0425. The topological polar surface area (TPSA) is 69.9 Å². The van der Waals surface area contributed by atoms with Gasteiger partial charge >= 0.3 is 0 Å². The average Bonchev–Trinajstić information content (AvgIpc) is 3.09. The van der Waals surface area contributed by atoms with E-state index in [2.05, 4.69) is 9.89 Å². The van der Waals surface area contributed by atoms with E-state index >= 15 is 0 Å². The molecule has 2 aromatic carbocycles. The Hall–Kier alpha value is -2.52. The Bertz CT molecular complexity index is 1140. The van der Waals surface area contributed by atoms with Crippen LogP contribution in [0.3, 0.4) is 0 Å². The third kappa shape index (κ3) is 3.26. The van der Waals surface area contributed by atoms with Crippen LogP contribution >= 0.6 is 11.6 Å². The molecule has 2 aromatic rings. The van der Waals surface area contributed by atoms with Crippen molar-refractivity contribution in [1.29, 1.82) is 0 Å². The van der Waals surface area contributed by atoms with Crippen molar-refractivity contribution in [3.8, 4) is 0 Å². The molecule has 0 aliphatic carbocycles. The highest BCUT2D eigenvalue weighted by Gasteiger charge is 2.47. The summed E-state index contributed by atoms with van der Waals surface area (Å²) < 4.78 is 26.2. The highest BCUT2D eigenvalue weighted by atomic mass is 35.5. The SMILES string of the molecule is ON1CC2(N=c3ccc(Cl)cc3=C1c1ccccc1F)OCN=C2N1CCOCC1. The molecule has 7 nitrogen and oxygen atoms in total. The molecule has 0 amide bonds. The minimum Gasteiger partial charge on any atom is -0.378 e. The van der Waals surface area contributed by atoms with Gasteiger partial charge in [-0.15, -0.1) is 0 Å². The highest BCUT2D eigenvalue weighted by Crippen LogP contribution is 2.29. The van der Waals surface area contributed by atoms with Crippen molar-refractivity contribution in [3.05, 3.63) is 69.4 Å². The zero-order valence-corrected chi connectivity index (χ0v) is 16.8. The number of rotatable bonds is 1. The van der Waals surface area contributed by atoms with Crippen LogP contribution < -0.4 is 10.6 Å². The molecule has 9 heteroatoms. The average molecular weight is 431 g/mol. The van der Waals surface area contributed by atoms with Gasteiger partial charge in [0, 0.05) is 28.9 Å². The second-order valence-electron chi connectivity index (χ2n) is 7.30. The van der Waals surface area contributed by atoms with E-state index in [9.17, 15) is 9.60 Å². The summed E-state index contributed by atoms with van der Waals surface area (Å²) in [4.78, 5) is 11.5. The zero-order valence-electron chi connectivity index (χ0n) is 16.1. The van der Waals surface area contributed by atoms with E-state index in [0.717, 1.165) is 5.06 Å². The summed E-state index contributed by atoms with van der Waals surface area (Å²) in [6.07, 6.45) is 0. The molecule has 1 N–H and O–H groups in total. The van der Waals surface area contributed by atoms with E-state index in [1.807, 2.05) is 0 Å². The molecule has 1 atom stereocenters. The van der Waals surface area contributed by atoms with Crippen LogP contribution in [-0.4, -0.2) is 66.3 Å². The Labute approximate surface area is 177 Å². The number of hydrogen-bond donors (Lipinski definition) is 1. The number of ether oxygens (including phenoxy) is 2. The summed E-state index contributed by atoms with van der Waals surface area (Å²) >= 11 is 6.25. The lowest BCUT2D eigenvalue weighted by Crippen LogP contribution is -2.55.